The van der Waals surface area contributed by atoms with Gasteiger partial charge in [-0.1, -0.05) is 24.1 Å². The van der Waals surface area contributed by atoms with Crippen LogP contribution in [0.15, 0.2) is 61.1 Å². The molecule has 10 nitrogen and oxygen atoms in total. The molecule has 10 heteroatoms. The molecule has 4 aromatic rings. The minimum Gasteiger partial charge on any atom is -0.493 e. The number of anilines is 1. The van der Waals surface area contributed by atoms with E-state index in [9.17, 15) is 4.79 Å². The number of aryl methyl sites for hydroxylation is 1. The first kappa shape index (κ1) is 26.3. The summed E-state index contributed by atoms with van der Waals surface area (Å²) in [4.78, 5) is 27.4. The Morgan fingerprint density at radius 1 is 1.17 bits per heavy atom. The Bertz CT molecular complexity index is 1690. The molecule has 1 amide bonds. The Morgan fingerprint density at radius 3 is 2.73 bits per heavy atom. The molecule has 0 bridgehead atoms. The highest BCUT2D eigenvalue weighted by Gasteiger charge is 2.55. The van der Waals surface area contributed by atoms with Gasteiger partial charge in [-0.2, -0.15) is 0 Å². The van der Waals surface area contributed by atoms with Crippen LogP contribution in [-0.2, 0) is 11.8 Å². The Labute approximate surface area is 238 Å². The topological polar surface area (TPSA) is 120 Å². The molecule has 1 saturated heterocycles. The average Bonchev–Trinajstić information content (AvgIpc) is 3.29. The number of hydrogen-bond acceptors (Lipinski definition) is 8. The van der Waals surface area contributed by atoms with Crippen molar-refractivity contribution >= 4 is 22.8 Å². The number of piperidine rings is 1. The quantitative estimate of drug-likeness (QED) is 0.266. The molecular formula is C31H31N7O3. The van der Waals surface area contributed by atoms with Crippen LogP contribution in [0.3, 0.4) is 0 Å². The Kier molecular flexibility index (Phi) is 7.03. The fraction of sp³-hybridized carbons (Fsp3) is 0.290. The van der Waals surface area contributed by atoms with Crippen LogP contribution in [0.5, 0.6) is 17.4 Å². The van der Waals surface area contributed by atoms with Crippen LogP contribution in [-0.4, -0.2) is 64.1 Å². The van der Waals surface area contributed by atoms with Crippen molar-refractivity contribution in [3.05, 3.63) is 66.8 Å². The summed E-state index contributed by atoms with van der Waals surface area (Å²) in [5.74, 6) is 9.99. The molecule has 0 unspecified atom stereocenters. The number of likely N-dealkylation sites (tertiary alicyclic amines) is 1. The minimum absolute atomic E-state index is 0.0635. The maximum Gasteiger partial charge on any atom is 0.246 e. The van der Waals surface area contributed by atoms with Crippen LogP contribution in [0.25, 0.3) is 22.2 Å². The van der Waals surface area contributed by atoms with Gasteiger partial charge in [-0.25, -0.2) is 15.0 Å². The van der Waals surface area contributed by atoms with Gasteiger partial charge in [0, 0.05) is 56.5 Å². The molecule has 0 spiro atoms. The van der Waals surface area contributed by atoms with Gasteiger partial charge in [0.15, 0.2) is 11.5 Å². The van der Waals surface area contributed by atoms with Gasteiger partial charge < -0.3 is 30.0 Å². The predicted molar refractivity (Wildman–Crippen MR) is 156 cm³/mol. The number of nitrogens with two attached hydrogens (primary N) is 1. The van der Waals surface area contributed by atoms with Gasteiger partial charge in [0.2, 0.25) is 11.8 Å². The average molecular weight is 550 g/mol. The predicted octanol–water partition coefficient (Wildman–Crippen LogP) is 3.24. The number of carbonyl (C=O) groups is 1. The van der Waals surface area contributed by atoms with E-state index in [1.807, 2.05) is 60.0 Å². The molecule has 1 aromatic carbocycles. The number of rotatable bonds is 7. The van der Waals surface area contributed by atoms with Crippen LogP contribution >= 0.6 is 0 Å². The lowest BCUT2D eigenvalue weighted by atomic mass is 10.0. The summed E-state index contributed by atoms with van der Waals surface area (Å²) < 4.78 is 13.6. The molecule has 6 rings (SSSR count). The number of methoxy groups -OCH3 is 1. The zero-order chi connectivity index (χ0) is 28.5. The molecule has 208 valence electrons. The molecule has 4 heterocycles. The summed E-state index contributed by atoms with van der Waals surface area (Å²) in [6.45, 7) is 2.15. The molecule has 41 heavy (non-hydrogen) atoms. The second-order valence-electron chi connectivity index (χ2n) is 10.2. The highest BCUT2D eigenvalue weighted by Crippen LogP contribution is 2.51. The largest absolute Gasteiger partial charge is 0.493 e. The summed E-state index contributed by atoms with van der Waals surface area (Å²) in [6.07, 6.45) is 6.64. The Hall–Kier alpha value is -4.88. The highest BCUT2D eigenvalue weighted by atomic mass is 16.5. The molecule has 1 aliphatic carbocycles. The second kappa shape index (κ2) is 10.9. The van der Waals surface area contributed by atoms with E-state index in [-0.39, 0.29) is 11.8 Å². The van der Waals surface area contributed by atoms with Gasteiger partial charge in [-0.05, 0) is 48.6 Å². The van der Waals surface area contributed by atoms with Crippen molar-refractivity contribution in [2.45, 2.75) is 0 Å². The second-order valence-corrected chi connectivity index (χ2v) is 10.2. The first-order chi connectivity index (χ1) is 20.0. The van der Waals surface area contributed by atoms with Gasteiger partial charge in [-0.3, -0.25) is 4.79 Å². The molecule has 2 fully saturated rings. The van der Waals surface area contributed by atoms with E-state index in [4.69, 9.17) is 15.2 Å². The van der Waals surface area contributed by atoms with E-state index in [1.165, 1.54) is 6.33 Å². The number of aromatic nitrogens is 4. The fourth-order valence-electron chi connectivity index (χ4n) is 5.59. The third kappa shape index (κ3) is 4.96. The van der Waals surface area contributed by atoms with Gasteiger partial charge in [0.1, 0.15) is 23.5 Å². The van der Waals surface area contributed by atoms with Crippen LogP contribution < -0.4 is 20.5 Å². The number of nitrogens with one attached hydrogen (secondary N) is 1. The number of fused-ring (bicyclic) bond motifs is 2. The van der Waals surface area contributed by atoms with Gasteiger partial charge >= 0.3 is 0 Å². The van der Waals surface area contributed by atoms with Crippen molar-refractivity contribution in [3.63, 3.8) is 0 Å². The first-order valence-electron chi connectivity index (χ1n) is 13.5. The summed E-state index contributed by atoms with van der Waals surface area (Å²) in [5.41, 5.74) is 9.57. The maximum absolute atomic E-state index is 12.5. The molecule has 3 atom stereocenters. The van der Waals surface area contributed by atoms with Crippen LogP contribution in [0.4, 0.5) is 5.82 Å². The SMILES string of the molecule is CNC/C=C/C(=O)N1C[C@@H]2[C@@H](C#Cc3c(-c4ccc(Oc5ccccn5)c(OC)c4)c4c(N)ncnc4n3C)[C@@H]2C1. The maximum atomic E-state index is 12.5. The lowest BCUT2D eigenvalue weighted by molar-refractivity contribution is -0.125. The van der Waals surface area contributed by atoms with Gasteiger partial charge in [0.25, 0.3) is 0 Å². The number of pyridine rings is 1. The lowest BCUT2D eigenvalue weighted by Gasteiger charge is -2.16. The number of ether oxygens (including phenoxy) is 2. The lowest BCUT2D eigenvalue weighted by Crippen LogP contribution is -2.30. The van der Waals surface area contributed by atoms with E-state index in [1.54, 1.807) is 25.4 Å². The highest BCUT2D eigenvalue weighted by molar-refractivity contribution is 6.03. The van der Waals surface area contributed by atoms with Crippen molar-refractivity contribution in [2.24, 2.45) is 24.8 Å². The molecule has 0 radical (unpaired) electrons. The molecule has 1 saturated carbocycles. The van der Waals surface area contributed by atoms with Crippen molar-refractivity contribution < 1.29 is 14.3 Å². The molecule has 2 aliphatic rings. The minimum atomic E-state index is 0.0635. The third-order valence-electron chi connectivity index (χ3n) is 7.75. The fourth-order valence-corrected chi connectivity index (χ4v) is 5.59. The first-order valence-corrected chi connectivity index (χ1v) is 13.5. The van der Waals surface area contributed by atoms with Crippen molar-refractivity contribution in [2.75, 3.05) is 39.5 Å². The number of benzene rings is 1. The number of carbonyl (C=O) groups excluding carboxylic acids is 1. The van der Waals surface area contributed by atoms with Gasteiger partial charge in [-0.15, -0.1) is 0 Å². The molecular weight excluding hydrogens is 518 g/mol. The number of hydrogen-bond donors (Lipinski definition) is 2. The van der Waals surface area contributed by atoms with Crippen molar-refractivity contribution in [1.29, 1.82) is 0 Å². The molecule has 3 N–H and O–H groups in total. The standard InChI is InChI=1S/C31H31N7O3/c1-33-13-6-8-27(39)38-16-21-20(22(21)17-38)10-11-23-28(29-30(32)35-18-36-31(29)37(23)2)19-9-12-24(25(15-19)40-3)41-26-7-4-5-14-34-26/h4-9,12,14-15,18,20-22,33H,13,16-17H2,1-3H3,(H2,32,35,36)/b8-6+/t20-,21-,22+. The zero-order valence-electron chi connectivity index (χ0n) is 23.2. The summed E-state index contributed by atoms with van der Waals surface area (Å²) in [5, 5.41) is 3.75. The number of likely N-dealkylation sites (N-methyl/N-ethyl adjacent to an activating group) is 1. The van der Waals surface area contributed by atoms with E-state index in [2.05, 4.69) is 32.1 Å². The van der Waals surface area contributed by atoms with E-state index in [0.29, 0.717) is 47.2 Å². The monoisotopic (exact) mass is 549 g/mol. The number of nitrogen functional groups attached to an aromatic ring is 1. The summed E-state index contributed by atoms with van der Waals surface area (Å²) in [6, 6.07) is 11.2. The smallest absolute Gasteiger partial charge is 0.246 e. The van der Waals surface area contributed by atoms with Gasteiger partial charge in [0.05, 0.1) is 12.5 Å². The van der Waals surface area contributed by atoms with E-state index < -0.39 is 0 Å². The molecule has 1 aliphatic heterocycles. The van der Waals surface area contributed by atoms with E-state index in [0.717, 1.165) is 35.3 Å². The van der Waals surface area contributed by atoms with Crippen LogP contribution in [0.2, 0.25) is 0 Å². The normalized spacial score (nSPS) is 19.2. The summed E-state index contributed by atoms with van der Waals surface area (Å²) >= 11 is 0. The van der Waals surface area contributed by atoms with Crippen LogP contribution in [0.1, 0.15) is 5.69 Å². The Balaban J connectivity index is 1.31. The third-order valence-corrected chi connectivity index (χ3v) is 7.75. The van der Waals surface area contributed by atoms with Crippen molar-refractivity contribution in [1.82, 2.24) is 29.7 Å². The summed E-state index contributed by atoms with van der Waals surface area (Å²) in [7, 11) is 5.39. The van der Waals surface area contributed by atoms with Crippen molar-refractivity contribution in [3.8, 4) is 40.3 Å². The van der Waals surface area contributed by atoms with E-state index >= 15 is 0 Å². The Morgan fingerprint density at radius 2 is 2.00 bits per heavy atom. The van der Waals surface area contributed by atoms with Crippen LogP contribution in [0, 0.1) is 29.6 Å². The number of nitrogens with zero attached hydrogens (tertiary/aromatic N) is 5. The molecule has 3 aromatic heterocycles. The zero-order valence-corrected chi connectivity index (χ0v) is 23.2. The number of amides is 1.